The van der Waals surface area contributed by atoms with Gasteiger partial charge < -0.3 is 4.90 Å². The van der Waals surface area contributed by atoms with Crippen molar-refractivity contribution in [2.24, 2.45) is 0 Å². The Bertz CT molecular complexity index is 932. The van der Waals surface area contributed by atoms with E-state index in [1.165, 1.54) is 29.1 Å². The van der Waals surface area contributed by atoms with Gasteiger partial charge in [0.15, 0.2) is 5.82 Å². The molecule has 0 saturated carbocycles. The van der Waals surface area contributed by atoms with Gasteiger partial charge in [0.05, 0.1) is 0 Å². The highest BCUT2D eigenvalue weighted by Crippen LogP contribution is 2.32. The molecule has 0 spiro atoms. The lowest BCUT2D eigenvalue weighted by Gasteiger charge is -2.36. The minimum atomic E-state index is 0.878. The normalized spacial score (nSPS) is 16.9. The molecule has 0 unspecified atom stereocenters. The van der Waals surface area contributed by atoms with Crippen molar-refractivity contribution in [3.8, 4) is 11.4 Å². The maximum absolute atomic E-state index is 5.04. The molecule has 0 radical (unpaired) electrons. The minimum Gasteiger partial charge on any atom is -0.354 e. The van der Waals surface area contributed by atoms with Gasteiger partial charge in [-0.15, -0.1) is 0 Å². The Morgan fingerprint density at radius 3 is 2.21 bits per heavy atom. The summed E-state index contributed by atoms with van der Waals surface area (Å²) >= 11 is 0. The molecule has 1 saturated heterocycles. The van der Waals surface area contributed by atoms with Crippen molar-refractivity contribution in [2.75, 3.05) is 31.1 Å². The van der Waals surface area contributed by atoms with E-state index >= 15 is 0 Å². The maximum atomic E-state index is 5.04. The summed E-state index contributed by atoms with van der Waals surface area (Å²) in [5.74, 6) is 2.06. The Kier molecular flexibility index (Phi) is 4.79. The second-order valence-corrected chi connectivity index (χ2v) is 7.76. The number of aromatic nitrogens is 2. The highest BCUT2D eigenvalue weighted by molar-refractivity contribution is 5.61. The molecule has 142 valence electrons. The predicted molar refractivity (Wildman–Crippen MR) is 113 cm³/mol. The maximum Gasteiger partial charge on any atom is 0.161 e. The van der Waals surface area contributed by atoms with Crippen molar-refractivity contribution in [3.05, 3.63) is 77.5 Å². The van der Waals surface area contributed by atoms with Crippen LogP contribution in [0.5, 0.6) is 0 Å². The van der Waals surface area contributed by atoms with E-state index in [4.69, 9.17) is 9.97 Å². The van der Waals surface area contributed by atoms with Crippen LogP contribution >= 0.6 is 0 Å². The summed E-state index contributed by atoms with van der Waals surface area (Å²) in [6.07, 6.45) is 3.39. The second-order valence-electron chi connectivity index (χ2n) is 7.76. The van der Waals surface area contributed by atoms with Gasteiger partial charge in [0, 0.05) is 49.5 Å². The van der Waals surface area contributed by atoms with Crippen molar-refractivity contribution < 1.29 is 0 Å². The Morgan fingerprint density at radius 2 is 1.46 bits per heavy atom. The molecule has 1 aromatic heterocycles. The van der Waals surface area contributed by atoms with Gasteiger partial charge in [0.25, 0.3) is 0 Å². The van der Waals surface area contributed by atoms with Crippen LogP contribution in [0.3, 0.4) is 0 Å². The molecule has 3 aromatic rings. The smallest absolute Gasteiger partial charge is 0.161 e. The zero-order valence-electron chi connectivity index (χ0n) is 16.2. The third-order valence-electron chi connectivity index (χ3n) is 5.86. The van der Waals surface area contributed by atoms with Crippen LogP contribution in [0, 0.1) is 0 Å². The first kappa shape index (κ1) is 17.4. The first-order valence-electron chi connectivity index (χ1n) is 10.3. The van der Waals surface area contributed by atoms with Crippen LogP contribution in [0.1, 0.15) is 23.2 Å². The van der Waals surface area contributed by atoms with Crippen molar-refractivity contribution in [3.63, 3.8) is 0 Å². The molecule has 0 atom stereocenters. The molecular weight excluding hydrogens is 344 g/mol. The molecule has 4 nitrogen and oxygen atoms in total. The monoisotopic (exact) mass is 370 g/mol. The van der Waals surface area contributed by atoms with E-state index in [-0.39, 0.29) is 0 Å². The fourth-order valence-electron chi connectivity index (χ4n) is 4.35. The minimum absolute atomic E-state index is 0.878. The number of nitrogens with zero attached hydrogens (tertiary/aromatic N) is 4. The molecular formula is C24H26N4. The summed E-state index contributed by atoms with van der Waals surface area (Å²) in [5.41, 5.74) is 5.15. The van der Waals surface area contributed by atoms with Crippen LogP contribution < -0.4 is 4.90 Å². The topological polar surface area (TPSA) is 32.3 Å². The van der Waals surface area contributed by atoms with Crippen molar-refractivity contribution in [1.82, 2.24) is 14.9 Å². The Hall–Kier alpha value is -2.72. The summed E-state index contributed by atoms with van der Waals surface area (Å²) in [4.78, 5) is 15.0. The fraction of sp³-hybridized carbons (Fsp3) is 0.333. The number of hydrogen-bond acceptors (Lipinski definition) is 4. The lowest BCUT2D eigenvalue weighted by atomic mass is 10.1. The molecule has 1 fully saturated rings. The first-order chi connectivity index (χ1) is 13.9. The largest absolute Gasteiger partial charge is 0.354 e. The molecule has 2 aliphatic rings. The molecule has 0 amide bonds. The molecule has 1 aliphatic heterocycles. The number of rotatable bonds is 4. The zero-order chi connectivity index (χ0) is 18.8. The van der Waals surface area contributed by atoms with Crippen LogP contribution in [0.25, 0.3) is 11.4 Å². The van der Waals surface area contributed by atoms with Crippen LogP contribution in [-0.4, -0.2) is 41.0 Å². The molecule has 0 N–H and O–H groups in total. The second kappa shape index (κ2) is 7.72. The van der Waals surface area contributed by atoms with Crippen molar-refractivity contribution in [1.29, 1.82) is 0 Å². The lowest BCUT2D eigenvalue weighted by Crippen LogP contribution is -2.46. The number of benzene rings is 2. The number of fused-ring (bicyclic) bond motifs is 1. The summed E-state index contributed by atoms with van der Waals surface area (Å²) in [6.45, 7) is 5.25. The van der Waals surface area contributed by atoms with Gasteiger partial charge in [-0.2, -0.15) is 0 Å². The average molecular weight is 371 g/mol. The standard InChI is InChI=1S/C24H26N4/c1-3-8-19(9-4-1)18-27-14-16-28(17-15-27)24-21-12-7-13-22(21)25-23(26-24)20-10-5-2-6-11-20/h1-6,8-11H,7,12-18H2. The quantitative estimate of drug-likeness (QED) is 0.696. The van der Waals surface area contributed by atoms with Crippen molar-refractivity contribution >= 4 is 5.82 Å². The van der Waals surface area contributed by atoms with E-state index in [1.807, 2.05) is 6.07 Å². The number of anilines is 1. The summed E-state index contributed by atoms with van der Waals surface area (Å²) in [7, 11) is 0. The van der Waals surface area contributed by atoms with E-state index in [0.717, 1.165) is 57.0 Å². The van der Waals surface area contributed by atoms with Gasteiger partial charge in [0.2, 0.25) is 0 Å². The first-order valence-corrected chi connectivity index (χ1v) is 10.3. The summed E-state index contributed by atoms with van der Waals surface area (Å²) < 4.78 is 0. The Balaban J connectivity index is 1.36. The average Bonchev–Trinajstić information content (AvgIpc) is 3.24. The molecule has 1 aliphatic carbocycles. The van der Waals surface area contributed by atoms with Crippen LogP contribution in [0.4, 0.5) is 5.82 Å². The van der Waals surface area contributed by atoms with E-state index in [2.05, 4.69) is 64.4 Å². The predicted octanol–water partition coefficient (Wildman–Crippen LogP) is 3.95. The molecule has 5 rings (SSSR count). The van der Waals surface area contributed by atoms with E-state index in [0.29, 0.717) is 0 Å². The summed E-state index contributed by atoms with van der Waals surface area (Å²) in [5, 5.41) is 0. The number of aryl methyl sites for hydroxylation is 1. The van der Waals surface area contributed by atoms with E-state index in [9.17, 15) is 0 Å². The van der Waals surface area contributed by atoms with Gasteiger partial charge in [-0.1, -0.05) is 60.7 Å². The summed E-state index contributed by atoms with van der Waals surface area (Å²) in [6, 6.07) is 21.2. The van der Waals surface area contributed by atoms with Crippen molar-refractivity contribution in [2.45, 2.75) is 25.8 Å². The number of hydrogen-bond donors (Lipinski definition) is 0. The van der Waals surface area contributed by atoms with E-state index < -0.39 is 0 Å². The third-order valence-corrected chi connectivity index (χ3v) is 5.86. The van der Waals surface area contributed by atoms with Gasteiger partial charge >= 0.3 is 0 Å². The van der Waals surface area contributed by atoms with Crippen LogP contribution in [0.15, 0.2) is 60.7 Å². The Morgan fingerprint density at radius 1 is 0.750 bits per heavy atom. The zero-order valence-corrected chi connectivity index (χ0v) is 16.2. The van der Waals surface area contributed by atoms with Crippen LogP contribution in [0.2, 0.25) is 0 Å². The number of piperazine rings is 1. The molecule has 2 aromatic carbocycles. The third kappa shape index (κ3) is 3.52. The van der Waals surface area contributed by atoms with Gasteiger partial charge in [-0.25, -0.2) is 9.97 Å². The van der Waals surface area contributed by atoms with Gasteiger partial charge in [-0.3, -0.25) is 4.90 Å². The molecule has 0 bridgehead atoms. The molecule has 4 heteroatoms. The Labute approximate surface area is 166 Å². The SMILES string of the molecule is c1ccc(CN2CCN(c3nc(-c4ccccc4)nc4c3CCC4)CC2)cc1. The molecule has 2 heterocycles. The highest BCUT2D eigenvalue weighted by Gasteiger charge is 2.26. The van der Waals surface area contributed by atoms with Gasteiger partial charge in [-0.05, 0) is 24.8 Å². The van der Waals surface area contributed by atoms with Crippen LogP contribution in [-0.2, 0) is 19.4 Å². The van der Waals surface area contributed by atoms with Gasteiger partial charge in [0.1, 0.15) is 5.82 Å². The lowest BCUT2D eigenvalue weighted by molar-refractivity contribution is 0.249. The highest BCUT2D eigenvalue weighted by atomic mass is 15.3. The fourth-order valence-corrected chi connectivity index (χ4v) is 4.35. The molecule has 28 heavy (non-hydrogen) atoms. The van der Waals surface area contributed by atoms with E-state index in [1.54, 1.807) is 0 Å².